The number of aliphatic hydroxyl groups excluding tert-OH is 2. The third-order valence-corrected chi connectivity index (χ3v) is 7.09. The molecule has 1 aromatic rings. The smallest absolute Gasteiger partial charge is 0.480 e. The molecule has 196 valence electrons. The molecular formula is C24H38N2O8P+. The predicted molar refractivity (Wildman–Crippen MR) is 130 cm³/mol. The molecule has 0 aromatic heterocycles. The predicted octanol–water partition coefficient (Wildman–Crippen LogP) is 3.24. The Kier molecular flexibility index (Phi) is 13.8. The standard InChI is InChI=1S/C24H37N2O8P/c27-16-7-2-8-17-35(32)34-21(22(28)26-15-9-12-20(26)23(29)30)13-5-6-14-25-24(31)33-18-19-10-3-1-4-11-19/h1,3-4,10-11,20-22,27-28H,2,5-9,12-18H2,(H-,25,29,30,31)/p+1/t20-,21-,22?/m0/s1. The van der Waals surface area contributed by atoms with Gasteiger partial charge in [0.15, 0.2) is 12.3 Å². The van der Waals surface area contributed by atoms with E-state index in [2.05, 4.69) is 5.32 Å². The molecule has 2 unspecified atom stereocenters. The number of unbranched alkanes of at least 4 members (excludes halogenated alkanes) is 3. The first-order chi connectivity index (χ1) is 16.9. The second-order valence-electron chi connectivity index (χ2n) is 8.62. The van der Waals surface area contributed by atoms with Gasteiger partial charge in [-0.25, -0.2) is 4.79 Å². The van der Waals surface area contributed by atoms with Gasteiger partial charge in [0.1, 0.15) is 18.9 Å². The minimum absolute atomic E-state index is 0.0817. The van der Waals surface area contributed by atoms with Gasteiger partial charge in [-0.1, -0.05) is 30.3 Å². The van der Waals surface area contributed by atoms with Crippen molar-refractivity contribution in [3.8, 4) is 0 Å². The lowest BCUT2D eigenvalue weighted by Crippen LogP contribution is -2.49. The summed E-state index contributed by atoms with van der Waals surface area (Å²) < 4.78 is 23.3. The number of aliphatic carboxylic acids is 1. The first-order valence-electron chi connectivity index (χ1n) is 12.3. The van der Waals surface area contributed by atoms with Gasteiger partial charge in [0.25, 0.3) is 0 Å². The highest BCUT2D eigenvalue weighted by molar-refractivity contribution is 7.39. The summed E-state index contributed by atoms with van der Waals surface area (Å²) in [5.74, 6) is -0.994. The number of carbonyl (C=O) groups excluding carboxylic acids is 1. The lowest BCUT2D eigenvalue weighted by Gasteiger charge is -2.30. The van der Waals surface area contributed by atoms with E-state index in [0.29, 0.717) is 64.2 Å². The zero-order valence-corrected chi connectivity index (χ0v) is 21.0. The summed E-state index contributed by atoms with van der Waals surface area (Å²) in [5.41, 5.74) is 0.892. The number of alkyl carbamates (subject to hydrolysis) is 1. The first-order valence-corrected chi connectivity index (χ1v) is 13.6. The van der Waals surface area contributed by atoms with Gasteiger partial charge < -0.3 is 25.4 Å². The minimum atomic E-state index is -2.03. The molecule has 4 atom stereocenters. The molecule has 35 heavy (non-hydrogen) atoms. The Labute approximate surface area is 207 Å². The number of carboxylic acid groups (broad SMARTS) is 1. The topological polar surface area (TPSA) is 146 Å². The summed E-state index contributed by atoms with van der Waals surface area (Å²) in [5, 5.41) is 31.9. The maximum atomic E-state index is 12.5. The van der Waals surface area contributed by atoms with E-state index in [1.807, 2.05) is 30.3 Å². The van der Waals surface area contributed by atoms with Crippen molar-refractivity contribution in [1.29, 1.82) is 0 Å². The molecule has 0 spiro atoms. The molecule has 11 heteroatoms. The Morgan fingerprint density at radius 2 is 1.91 bits per heavy atom. The number of hydrogen-bond donors (Lipinski definition) is 4. The van der Waals surface area contributed by atoms with Crippen molar-refractivity contribution in [1.82, 2.24) is 10.2 Å². The fourth-order valence-corrected chi connectivity index (χ4v) is 5.11. The molecule has 0 radical (unpaired) electrons. The normalized spacial score (nSPS) is 18.1. The van der Waals surface area contributed by atoms with Crippen molar-refractivity contribution < 1.29 is 38.7 Å². The number of ether oxygens (including phenoxy) is 1. The van der Waals surface area contributed by atoms with Crippen LogP contribution >= 0.6 is 8.03 Å². The Morgan fingerprint density at radius 1 is 1.14 bits per heavy atom. The lowest BCUT2D eigenvalue weighted by molar-refractivity contribution is -0.150. The summed E-state index contributed by atoms with van der Waals surface area (Å²) in [6.45, 7) is 1.06. The van der Waals surface area contributed by atoms with Gasteiger partial charge in [0, 0.05) is 19.7 Å². The quantitative estimate of drug-likeness (QED) is 0.182. The van der Waals surface area contributed by atoms with Crippen LogP contribution in [0.3, 0.4) is 0 Å². The van der Waals surface area contributed by atoms with Crippen molar-refractivity contribution in [3.05, 3.63) is 35.9 Å². The maximum absolute atomic E-state index is 12.5. The summed E-state index contributed by atoms with van der Waals surface area (Å²) in [4.78, 5) is 24.9. The van der Waals surface area contributed by atoms with Gasteiger partial charge in [-0.15, -0.1) is 4.52 Å². The van der Waals surface area contributed by atoms with E-state index in [-0.39, 0.29) is 13.2 Å². The van der Waals surface area contributed by atoms with E-state index in [0.717, 1.165) is 12.0 Å². The molecule has 0 aliphatic carbocycles. The number of carboxylic acids is 1. The molecule has 2 rings (SSSR count). The molecule has 1 heterocycles. The van der Waals surface area contributed by atoms with Crippen LogP contribution in [-0.2, 0) is 25.2 Å². The molecule has 1 aliphatic rings. The molecule has 1 fully saturated rings. The fraction of sp³-hybridized carbons (Fsp3) is 0.667. The van der Waals surface area contributed by atoms with Crippen LogP contribution in [0, 0.1) is 0 Å². The molecule has 0 saturated carbocycles. The fourth-order valence-electron chi connectivity index (χ4n) is 4.01. The van der Waals surface area contributed by atoms with Gasteiger partial charge in [0.05, 0.1) is 0 Å². The number of benzene rings is 1. The average Bonchev–Trinajstić information content (AvgIpc) is 3.35. The van der Waals surface area contributed by atoms with E-state index in [1.54, 1.807) is 0 Å². The van der Waals surface area contributed by atoms with Crippen molar-refractivity contribution >= 4 is 20.1 Å². The molecule has 10 nitrogen and oxygen atoms in total. The molecule has 1 amide bonds. The van der Waals surface area contributed by atoms with E-state index in [4.69, 9.17) is 14.4 Å². The van der Waals surface area contributed by atoms with Crippen molar-refractivity contribution in [3.63, 3.8) is 0 Å². The van der Waals surface area contributed by atoms with Crippen LogP contribution < -0.4 is 5.32 Å². The molecular weight excluding hydrogens is 475 g/mol. The highest BCUT2D eigenvalue weighted by Gasteiger charge is 2.41. The van der Waals surface area contributed by atoms with Gasteiger partial charge in [-0.3, -0.25) is 9.69 Å². The molecule has 4 N–H and O–H groups in total. The third kappa shape index (κ3) is 11.0. The van der Waals surface area contributed by atoms with Gasteiger partial charge in [0.2, 0.25) is 0 Å². The number of likely N-dealkylation sites (tertiary alicyclic amines) is 1. The number of rotatable bonds is 17. The zero-order chi connectivity index (χ0) is 25.5. The Hall–Kier alpha value is -2.10. The van der Waals surface area contributed by atoms with Crippen LogP contribution in [-0.4, -0.2) is 76.5 Å². The van der Waals surface area contributed by atoms with Crippen LogP contribution in [0.25, 0.3) is 0 Å². The SMILES string of the molecule is O=C(NCCCC[C@H](O[P+](=O)CCCCCO)C(O)N1CCC[C@H]1C(=O)O)OCc1ccccc1. The van der Waals surface area contributed by atoms with Crippen LogP contribution in [0.4, 0.5) is 4.79 Å². The summed E-state index contributed by atoms with van der Waals surface area (Å²) in [7, 11) is -2.03. The Bertz CT molecular complexity index is 782. The number of nitrogens with one attached hydrogen (secondary N) is 1. The van der Waals surface area contributed by atoms with Crippen LogP contribution in [0.5, 0.6) is 0 Å². The van der Waals surface area contributed by atoms with Crippen molar-refractivity contribution in [2.75, 3.05) is 25.9 Å². The van der Waals surface area contributed by atoms with Crippen LogP contribution in [0.15, 0.2) is 30.3 Å². The molecule has 1 saturated heterocycles. The Balaban J connectivity index is 1.79. The van der Waals surface area contributed by atoms with E-state index in [9.17, 15) is 24.4 Å². The highest BCUT2D eigenvalue weighted by atomic mass is 31.1. The third-order valence-electron chi connectivity index (χ3n) is 5.90. The molecule has 1 aliphatic heterocycles. The zero-order valence-electron chi connectivity index (χ0n) is 20.1. The Morgan fingerprint density at radius 3 is 2.63 bits per heavy atom. The largest absolute Gasteiger partial charge is 0.508 e. The number of nitrogens with zero attached hydrogens (tertiary/aromatic N) is 1. The highest BCUT2D eigenvalue weighted by Crippen LogP contribution is 2.32. The number of carbonyl (C=O) groups is 2. The maximum Gasteiger partial charge on any atom is 0.508 e. The van der Waals surface area contributed by atoms with Crippen LogP contribution in [0.2, 0.25) is 0 Å². The molecule has 0 bridgehead atoms. The second-order valence-corrected chi connectivity index (χ2v) is 9.94. The van der Waals surface area contributed by atoms with Gasteiger partial charge in [-0.2, -0.15) is 0 Å². The number of hydrogen-bond acceptors (Lipinski definition) is 8. The minimum Gasteiger partial charge on any atom is -0.480 e. The first kappa shape index (κ1) is 29.1. The number of amides is 1. The van der Waals surface area contributed by atoms with Crippen molar-refractivity contribution in [2.24, 2.45) is 0 Å². The van der Waals surface area contributed by atoms with Gasteiger partial charge in [-0.05, 0) is 61.5 Å². The van der Waals surface area contributed by atoms with Crippen molar-refractivity contribution in [2.45, 2.75) is 76.3 Å². The van der Waals surface area contributed by atoms with E-state index < -0.39 is 38.5 Å². The lowest BCUT2D eigenvalue weighted by atomic mass is 10.1. The van der Waals surface area contributed by atoms with E-state index in [1.165, 1.54) is 4.90 Å². The van der Waals surface area contributed by atoms with Gasteiger partial charge >= 0.3 is 20.1 Å². The second kappa shape index (κ2) is 16.5. The average molecular weight is 514 g/mol. The summed E-state index contributed by atoms with van der Waals surface area (Å²) in [6.07, 6.45) is 2.42. The number of aliphatic hydroxyl groups is 2. The van der Waals surface area contributed by atoms with E-state index >= 15 is 0 Å². The summed E-state index contributed by atoms with van der Waals surface area (Å²) in [6, 6.07) is 8.56. The summed E-state index contributed by atoms with van der Waals surface area (Å²) >= 11 is 0. The monoisotopic (exact) mass is 513 g/mol. The molecule has 1 aromatic carbocycles. The van der Waals surface area contributed by atoms with Crippen LogP contribution in [0.1, 0.15) is 56.9 Å².